The van der Waals surface area contributed by atoms with Crippen LogP contribution >= 0.6 is 0 Å². The van der Waals surface area contributed by atoms with E-state index in [-0.39, 0.29) is 13.0 Å². The number of hydrogen-bond acceptors (Lipinski definition) is 3. The summed E-state index contributed by atoms with van der Waals surface area (Å²) in [6.07, 6.45) is -4.70. The molecule has 0 heterocycles. The van der Waals surface area contributed by atoms with Gasteiger partial charge in [0, 0.05) is 12.1 Å². The highest BCUT2D eigenvalue weighted by molar-refractivity contribution is 5.81. The normalized spacial score (nSPS) is 11.0. The Balaban J connectivity index is 2.91. The van der Waals surface area contributed by atoms with E-state index in [1.807, 2.05) is 5.32 Å². The van der Waals surface area contributed by atoms with E-state index in [4.69, 9.17) is 9.47 Å². The predicted molar refractivity (Wildman–Crippen MR) is 77.0 cm³/mol. The molecule has 0 aliphatic heterocycles. The number of methoxy groups -OCH3 is 2. The largest absolute Gasteiger partial charge is 0.496 e. The van der Waals surface area contributed by atoms with Crippen LogP contribution in [0.15, 0.2) is 18.7 Å². The van der Waals surface area contributed by atoms with Gasteiger partial charge in [-0.05, 0) is 36.6 Å². The molecular weight excluding hydrogens is 299 g/mol. The minimum Gasteiger partial charge on any atom is -0.496 e. The molecule has 0 saturated heterocycles. The minimum atomic E-state index is -4.88. The van der Waals surface area contributed by atoms with Crippen LogP contribution in [0.2, 0.25) is 0 Å². The molecule has 0 saturated carbocycles. The minimum absolute atomic E-state index is 0.162. The highest BCUT2D eigenvalue weighted by atomic mass is 19.4. The molecule has 1 N–H and O–H groups in total. The molecule has 0 aliphatic carbocycles. The third kappa shape index (κ3) is 4.41. The number of allylic oxidation sites excluding steroid dienone is 1. The van der Waals surface area contributed by atoms with Gasteiger partial charge in [-0.15, -0.1) is 0 Å². The fourth-order valence-corrected chi connectivity index (χ4v) is 1.90. The van der Waals surface area contributed by atoms with Gasteiger partial charge in [0.2, 0.25) is 0 Å². The van der Waals surface area contributed by atoms with Gasteiger partial charge >= 0.3 is 12.1 Å². The molecule has 0 bridgehead atoms. The molecule has 0 aliphatic rings. The third-order valence-electron chi connectivity index (χ3n) is 3.00. The number of ether oxygens (including phenoxy) is 2. The summed E-state index contributed by atoms with van der Waals surface area (Å²) in [6, 6.07) is 3.38. The lowest BCUT2D eigenvalue weighted by molar-refractivity contribution is -0.173. The van der Waals surface area contributed by atoms with Crippen molar-refractivity contribution < 1.29 is 27.4 Å². The van der Waals surface area contributed by atoms with Crippen LogP contribution < -0.4 is 14.8 Å². The fraction of sp³-hybridized carbons (Fsp3) is 0.400. The van der Waals surface area contributed by atoms with Gasteiger partial charge in [0.15, 0.2) is 0 Å². The second-order valence-corrected chi connectivity index (χ2v) is 4.65. The van der Waals surface area contributed by atoms with Gasteiger partial charge in [0.1, 0.15) is 11.5 Å². The topological polar surface area (TPSA) is 47.6 Å². The van der Waals surface area contributed by atoms with Crippen LogP contribution in [0.25, 0.3) is 5.57 Å². The van der Waals surface area contributed by atoms with E-state index in [0.29, 0.717) is 17.1 Å². The van der Waals surface area contributed by atoms with E-state index in [2.05, 4.69) is 6.58 Å². The number of hydrogen-bond donors (Lipinski definition) is 1. The standard InChI is InChI=1S/C15H18F3NO3/c1-9(2)11-8-12(21-3)10(7-13(11)22-4)5-6-19-14(20)15(16,17)18/h7-8H,1,5-6H2,2-4H3,(H,19,20). The highest BCUT2D eigenvalue weighted by Crippen LogP contribution is 2.32. The van der Waals surface area contributed by atoms with E-state index in [0.717, 1.165) is 11.1 Å². The Labute approximate surface area is 126 Å². The van der Waals surface area contributed by atoms with E-state index in [1.165, 1.54) is 14.2 Å². The first kappa shape index (κ1) is 17.9. The molecule has 1 amide bonds. The van der Waals surface area contributed by atoms with Gasteiger partial charge in [0.25, 0.3) is 0 Å². The van der Waals surface area contributed by atoms with Crippen LogP contribution in [0.1, 0.15) is 18.1 Å². The van der Waals surface area contributed by atoms with Crippen molar-refractivity contribution in [2.45, 2.75) is 19.5 Å². The van der Waals surface area contributed by atoms with E-state index in [9.17, 15) is 18.0 Å². The lowest BCUT2D eigenvalue weighted by Crippen LogP contribution is -2.37. The average Bonchev–Trinajstić information content (AvgIpc) is 2.45. The van der Waals surface area contributed by atoms with Gasteiger partial charge in [0.05, 0.1) is 14.2 Å². The van der Waals surface area contributed by atoms with E-state index in [1.54, 1.807) is 19.1 Å². The summed E-state index contributed by atoms with van der Waals surface area (Å²) in [5.74, 6) is -0.914. The predicted octanol–water partition coefficient (Wildman–Crippen LogP) is 2.96. The molecule has 1 aromatic carbocycles. The monoisotopic (exact) mass is 317 g/mol. The fourth-order valence-electron chi connectivity index (χ4n) is 1.90. The second-order valence-electron chi connectivity index (χ2n) is 4.65. The van der Waals surface area contributed by atoms with Crippen LogP contribution in [-0.4, -0.2) is 32.8 Å². The first-order valence-corrected chi connectivity index (χ1v) is 6.46. The molecule has 0 unspecified atom stereocenters. The highest BCUT2D eigenvalue weighted by Gasteiger charge is 2.38. The molecule has 0 spiro atoms. The molecule has 1 aromatic rings. The Morgan fingerprint density at radius 3 is 2.27 bits per heavy atom. The van der Waals surface area contributed by atoms with Crippen LogP contribution in [0.4, 0.5) is 13.2 Å². The maximum atomic E-state index is 12.1. The van der Waals surface area contributed by atoms with Crippen molar-refractivity contribution in [3.8, 4) is 11.5 Å². The molecule has 0 fully saturated rings. The Hall–Kier alpha value is -2.18. The zero-order valence-corrected chi connectivity index (χ0v) is 12.6. The number of carbonyl (C=O) groups excluding carboxylic acids is 1. The van der Waals surface area contributed by atoms with Crippen molar-refractivity contribution in [3.63, 3.8) is 0 Å². The molecule has 7 heteroatoms. The zero-order valence-electron chi connectivity index (χ0n) is 12.6. The molecule has 4 nitrogen and oxygen atoms in total. The van der Waals surface area contributed by atoms with Crippen LogP contribution in [0.5, 0.6) is 11.5 Å². The number of alkyl halides is 3. The van der Waals surface area contributed by atoms with Crippen molar-refractivity contribution in [1.29, 1.82) is 0 Å². The second kappa shape index (κ2) is 7.20. The molecular formula is C15H18F3NO3. The van der Waals surface area contributed by atoms with Crippen LogP contribution in [-0.2, 0) is 11.2 Å². The van der Waals surface area contributed by atoms with E-state index >= 15 is 0 Å². The van der Waals surface area contributed by atoms with Crippen molar-refractivity contribution in [2.75, 3.05) is 20.8 Å². The van der Waals surface area contributed by atoms with Crippen LogP contribution in [0.3, 0.4) is 0 Å². The lowest BCUT2D eigenvalue weighted by Gasteiger charge is -2.15. The van der Waals surface area contributed by atoms with E-state index < -0.39 is 12.1 Å². The van der Waals surface area contributed by atoms with Gasteiger partial charge < -0.3 is 14.8 Å². The number of halogens is 3. The Morgan fingerprint density at radius 1 is 1.23 bits per heavy atom. The number of rotatable bonds is 6. The number of nitrogens with one attached hydrogen (secondary N) is 1. The molecule has 22 heavy (non-hydrogen) atoms. The number of amides is 1. The molecule has 122 valence electrons. The van der Waals surface area contributed by atoms with Crippen molar-refractivity contribution in [2.24, 2.45) is 0 Å². The molecule has 0 radical (unpaired) electrons. The maximum Gasteiger partial charge on any atom is 0.471 e. The Morgan fingerprint density at radius 2 is 1.82 bits per heavy atom. The van der Waals surface area contributed by atoms with Gasteiger partial charge in [-0.2, -0.15) is 13.2 Å². The van der Waals surface area contributed by atoms with Crippen molar-refractivity contribution in [1.82, 2.24) is 5.32 Å². The zero-order chi connectivity index (χ0) is 16.9. The summed E-state index contributed by atoms with van der Waals surface area (Å²) < 4.78 is 46.8. The molecule has 1 rings (SSSR count). The van der Waals surface area contributed by atoms with Crippen molar-refractivity contribution >= 4 is 11.5 Å². The average molecular weight is 317 g/mol. The first-order valence-electron chi connectivity index (χ1n) is 6.46. The summed E-state index contributed by atoms with van der Waals surface area (Å²) >= 11 is 0. The summed E-state index contributed by atoms with van der Waals surface area (Å²) in [4.78, 5) is 10.8. The molecule has 0 atom stereocenters. The number of benzene rings is 1. The first-order chi connectivity index (χ1) is 10.2. The Bertz CT molecular complexity index is 568. The summed E-state index contributed by atoms with van der Waals surface area (Å²) in [7, 11) is 2.95. The van der Waals surface area contributed by atoms with Crippen LogP contribution in [0, 0.1) is 0 Å². The maximum absolute atomic E-state index is 12.1. The lowest BCUT2D eigenvalue weighted by atomic mass is 10.0. The SMILES string of the molecule is C=C(C)c1cc(OC)c(CCNC(=O)C(F)(F)F)cc1OC. The number of carbonyl (C=O) groups is 1. The summed E-state index contributed by atoms with van der Waals surface area (Å²) in [5, 5.41) is 1.82. The van der Waals surface area contributed by atoms with Crippen molar-refractivity contribution in [3.05, 3.63) is 29.8 Å². The summed E-state index contributed by atoms with van der Waals surface area (Å²) in [5.41, 5.74) is 2.15. The quantitative estimate of drug-likeness (QED) is 0.877. The van der Waals surface area contributed by atoms with Gasteiger partial charge in [-0.25, -0.2) is 0 Å². The molecule has 0 aromatic heterocycles. The summed E-state index contributed by atoms with van der Waals surface area (Å²) in [6.45, 7) is 5.48. The smallest absolute Gasteiger partial charge is 0.471 e. The third-order valence-corrected chi connectivity index (χ3v) is 3.00. The Kier molecular flexibility index (Phi) is 5.84. The van der Waals surface area contributed by atoms with Gasteiger partial charge in [-0.1, -0.05) is 6.58 Å². The van der Waals surface area contributed by atoms with Gasteiger partial charge in [-0.3, -0.25) is 4.79 Å².